The summed E-state index contributed by atoms with van der Waals surface area (Å²) >= 11 is 1.81. The quantitative estimate of drug-likeness (QED) is 0.806. The molecule has 0 saturated heterocycles. The van der Waals surface area contributed by atoms with Crippen molar-refractivity contribution in [2.75, 3.05) is 26.8 Å². The number of ether oxygens (including phenoxy) is 1. The van der Waals surface area contributed by atoms with Crippen LogP contribution in [-0.4, -0.2) is 31.8 Å². The average Bonchev–Trinajstić information content (AvgIpc) is 2.88. The lowest BCUT2D eigenvalue weighted by molar-refractivity contribution is 0.199. The normalized spacial score (nSPS) is 23.3. The highest BCUT2D eigenvalue weighted by atomic mass is 32.1. The van der Waals surface area contributed by atoms with Crippen LogP contribution in [0.15, 0.2) is 5.38 Å². The van der Waals surface area contributed by atoms with E-state index < -0.39 is 0 Å². The van der Waals surface area contributed by atoms with Crippen LogP contribution in [0.5, 0.6) is 0 Å². The molecule has 0 bridgehead atoms. The number of nitrogens with zero attached hydrogens (tertiary/aromatic N) is 1. The molecular weight excluding hydrogens is 244 g/mol. The number of nitrogens with one attached hydrogen (secondary N) is 1. The summed E-state index contributed by atoms with van der Waals surface area (Å²) in [4.78, 5) is 4.80. The van der Waals surface area contributed by atoms with Crippen LogP contribution >= 0.6 is 11.3 Å². The summed E-state index contributed by atoms with van der Waals surface area (Å²) < 4.78 is 5.02. The van der Waals surface area contributed by atoms with Crippen LogP contribution in [0.1, 0.15) is 43.8 Å². The van der Waals surface area contributed by atoms with Crippen molar-refractivity contribution in [1.82, 2.24) is 10.3 Å². The molecule has 2 unspecified atom stereocenters. The van der Waals surface area contributed by atoms with Gasteiger partial charge in [0, 0.05) is 30.4 Å². The molecule has 0 spiro atoms. The molecule has 0 radical (unpaired) electrons. The van der Waals surface area contributed by atoms with E-state index in [1.807, 2.05) is 11.3 Å². The predicted molar refractivity (Wildman–Crippen MR) is 76.4 cm³/mol. The summed E-state index contributed by atoms with van der Waals surface area (Å²) in [5, 5.41) is 6.95. The van der Waals surface area contributed by atoms with E-state index in [4.69, 9.17) is 9.72 Å². The van der Waals surface area contributed by atoms with Crippen molar-refractivity contribution in [3.63, 3.8) is 0 Å². The molecule has 4 heteroatoms. The smallest absolute Gasteiger partial charge is 0.0981 e. The SMILES string of the molecule is COCCNCC1CC1c1csc(C(C)(C)C)n1. The molecule has 1 N–H and O–H groups in total. The maximum atomic E-state index is 5.02. The maximum absolute atomic E-state index is 5.02. The minimum absolute atomic E-state index is 0.185. The molecule has 0 amide bonds. The van der Waals surface area contributed by atoms with Gasteiger partial charge in [-0.1, -0.05) is 20.8 Å². The third kappa shape index (κ3) is 3.53. The van der Waals surface area contributed by atoms with Gasteiger partial charge in [-0.25, -0.2) is 4.98 Å². The molecular formula is C14H24N2OS. The fourth-order valence-corrected chi connectivity index (χ4v) is 3.07. The van der Waals surface area contributed by atoms with E-state index in [2.05, 4.69) is 31.5 Å². The van der Waals surface area contributed by atoms with Crippen molar-refractivity contribution >= 4 is 11.3 Å². The second-order valence-electron chi connectivity index (χ2n) is 6.13. The number of hydrogen-bond donors (Lipinski definition) is 1. The Morgan fingerprint density at radius 3 is 2.89 bits per heavy atom. The Balaban J connectivity index is 1.79. The topological polar surface area (TPSA) is 34.1 Å². The van der Waals surface area contributed by atoms with Crippen LogP contribution in [0.2, 0.25) is 0 Å². The summed E-state index contributed by atoms with van der Waals surface area (Å²) in [6, 6.07) is 0. The first kappa shape index (κ1) is 14.0. The lowest BCUT2D eigenvalue weighted by Gasteiger charge is -2.13. The predicted octanol–water partition coefficient (Wildman–Crippen LogP) is 2.78. The van der Waals surface area contributed by atoms with Crippen LogP contribution in [0, 0.1) is 5.92 Å². The zero-order chi connectivity index (χ0) is 13.2. The van der Waals surface area contributed by atoms with Crippen molar-refractivity contribution in [1.29, 1.82) is 0 Å². The van der Waals surface area contributed by atoms with Gasteiger partial charge < -0.3 is 10.1 Å². The first-order valence-corrected chi connectivity index (χ1v) is 7.56. The van der Waals surface area contributed by atoms with Gasteiger partial charge in [-0.15, -0.1) is 11.3 Å². The van der Waals surface area contributed by atoms with E-state index in [0.29, 0.717) is 5.92 Å². The Kier molecular flexibility index (Phi) is 4.41. The molecule has 1 saturated carbocycles. The Morgan fingerprint density at radius 1 is 1.50 bits per heavy atom. The minimum Gasteiger partial charge on any atom is -0.383 e. The van der Waals surface area contributed by atoms with E-state index in [1.54, 1.807) is 7.11 Å². The van der Waals surface area contributed by atoms with E-state index >= 15 is 0 Å². The molecule has 0 aliphatic heterocycles. The minimum atomic E-state index is 0.185. The molecule has 1 aromatic heterocycles. The summed E-state index contributed by atoms with van der Waals surface area (Å²) in [5.74, 6) is 1.46. The highest BCUT2D eigenvalue weighted by Gasteiger charge is 2.39. The molecule has 102 valence electrons. The van der Waals surface area contributed by atoms with Crippen LogP contribution < -0.4 is 5.32 Å². The van der Waals surface area contributed by atoms with Crippen molar-refractivity contribution in [3.05, 3.63) is 16.1 Å². The first-order chi connectivity index (χ1) is 8.52. The van der Waals surface area contributed by atoms with Crippen molar-refractivity contribution < 1.29 is 4.74 Å². The molecule has 18 heavy (non-hydrogen) atoms. The molecule has 2 atom stereocenters. The Hall–Kier alpha value is -0.450. The summed E-state index contributed by atoms with van der Waals surface area (Å²) in [5.41, 5.74) is 1.49. The van der Waals surface area contributed by atoms with E-state index in [1.165, 1.54) is 17.1 Å². The number of rotatable bonds is 6. The van der Waals surface area contributed by atoms with Gasteiger partial charge in [-0.05, 0) is 18.9 Å². The third-order valence-corrected chi connectivity index (χ3v) is 4.64. The molecule has 1 aromatic rings. The molecule has 3 nitrogen and oxygen atoms in total. The lowest BCUT2D eigenvalue weighted by Crippen LogP contribution is -2.21. The van der Waals surface area contributed by atoms with Crippen LogP contribution in [0.25, 0.3) is 0 Å². The van der Waals surface area contributed by atoms with Gasteiger partial charge in [-0.3, -0.25) is 0 Å². The van der Waals surface area contributed by atoms with Crippen LogP contribution in [-0.2, 0) is 10.2 Å². The van der Waals surface area contributed by atoms with E-state index in [0.717, 1.165) is 25.6 Å². The molecule has 1 aliphatic carbocycles. The zero-order valence-electron chi connectivity index (χ0n) is 11.8. The third-order valence-electron chi connectivity index (χ3n) is 3.36. The Labute approximate surface area is 114 Å². The van der Waals surface area contributed by atoms with E-state index in [9.17, 15) is 0 Å². The van der Waals surface area contributed by atoms with Crippen LogP contribution in [0.4, 0.5) is 0 Å². The van der Waals surface area contributed by atoms with Gasteiger partial charge in [0.1, 0.15) is 0 Å². The second kappa shape index (κ2) is 5.68. The highest BCUT2D eigenvalue weighted by Crippen LogP contribution is 2.47. The largest absolute Gasteiger partial charge is 0.383 e. The van der Waals surface area contributed by atoms with Gasteiger partial charge in [0.15, 0.2) is 0 Å². The average molecular weight is 268 g/mol. The molecule has 1 fully saturated rings. The van der Waals surface area contributed by atoms with Gasteiger partial charge in [-0.2, -0.15) is 0 Å². The first-order valence-electron chi connectivity index (χ1n) is 6.68. The molecule has 0 aromatic carbocycles. The summed E-state index contributed by atoms with van der Waals surface area (Å²) in [7, 11) is 1.74. The number of methoxy groups -OCH3 is 1. The van der Waals surface area contributed by atoms with Gasteiger partial charge >= 0.3 is 0 Å². The van der Waals surface area contributed by atoms with Crippen LogP contribution in [0.3, 0.4) is 0 Å². The van der Waals surface area contributed by atoms with Crippen molar-refractivity contribution in [2.24, 2.45) is 5.92 Å². The number of aromatic nitrogens is 1. The Morgan fingerprint density at radius 2 is 2.28 bits per heavy atom. The van der Waals surface area contributed by atoms with Crippen molar-refractivity contribution in [2.45, 2.75) is 38.5 Å². The van der Waals surface area contributed by atoms with Gasteiger partial charge in [0.05, 0.1) is 17.3 Å². The molecule has 1 heterocycles. The number of hydrogen-bond acceptors (Lipinski definition) is 4. The standard InChI is InChI=1S/C14H24N2OS/c1-14(2,3)13-16-12(9-18-13)11-7-10(11)8-15-5-6-17-4/h9-11,15H,5-8H2,1-4H3. The summed E-state index contributed by atoms with van der Waals surface area (Å²) in [6.45, 7) is 9.52. The van der Waals surface area contributed by atoms with Gasteiger partial charge in [0.25, 0.3) is 0 Å². The fourth-order valence-electron chi connectivity index (χ4n) is 2.10. The lowest BCUT2D eigenvalue weighted by atomic mass is 9.98. The second-order valence-corrected chi connectivity index (χ2v) is 6.98. The highest BCUT2D eigenvalue weighted by molar-refractivity contribution is 7.09. The van der Waals surface area contributed by atoms with Crippen molar-refractivity contribution in [3.8, 4) is 0 Å². The molecule has 1 aliphatic rings. The van der Waals surface area contributed by atoms with Gasteiger partial charge in [0.2, 0.25) is 0 Å². The monoisotopic (exact) mass is 268 g/mol. The Bertz CT molecular complexity index is 383. The zero-order valence-corrected chi connectivity index (χ0v) is 12.6. The molecule has 2 rings (SSSR count). The maximum Gasteiger partial charge on any atom is 0.0981 e. The number of thiazole rings is 1. The fraction of sp³-hybridized carbons (Fsp3) is 0.786. The van der Waals surface area contributed by atoms with E-state index in [-0.39, 0.29) is 5.41 Å². The summed E-state index contributed by atoms with van der Waals surface area (Å²) in [6.07, 6.45) is 1.29.